The van der Waals surface area contributed by atoms with Crippen LogP contribution < -0.4 is 16.0 Å². The molecule has 0 saturated carbocycles. The predicted octanol–water partition coefficient (Wildman–Crippen LogP) is 0.818. The number of nitrogens with zero attached hydrogens (tertiary/aromatic N) is 3. The van der Waals surface area contributed by atoms with Gasteiger partial charge in [0.15, 0.2) is 0 Å². The van der Waals surface area contributed by atoms with Crippen LogP contribution in [0.2, 0.25) is 0 Å². The fourth-order valence-electron chi connectivity index (χ4n) is 1.55. The minimum atomic E-state index is -0.103. The molecule has 0 unspecified atom stereocenters. The Morgan fingerprint density at radius 3 is 2.37 bits per heavy atom. The molecule has 0 spiro atoms. The number of nitrogens with one attached hydrogen (secondary N) is 3. The predicted molar refractivity (Wildman–Crippen MR) is 76.6 cm³/mol. The lowest BCUT2D eigenvalue weighted by atomic mass is 10.3. The third-order valence-corrected chi connectivity index (χ3v) is 2.59. The zero-order chi connectivity index (χ0) is 14.4. The summed E-state index contributed by atoms with van der Waals surface area (Å²) in [6, 6.07) is -0.103. The summed E-state index contributed by atoms with van der Waals surface area (Å²) in [4.78, 5) is 21.5. The van der Waals surface area contributed by atoms with Gasteiger partial charge in [0.1, 0.15) is 17.5 Å². The maximum absolute atomic E-state index is 11.3. The molecule has 1 rings (SSSR count). The molecule has 106 valence electrons. The smallest absolute Gasteiger partial charge is 0.316 e. The van der Waals surface area contributed by atoms with Crippen LogP contribution >= 0.6 is 0 Å². The number of carbonyl (C=O) groups excluding carboxylic acids is 1. The number of hydrogen-bond acceptors (Lipinski definition) is 5. The lowest BCUT2D eigenvalue weighted by Gasteiger charge is -2.14. The van der Waals surface area contributed by atoms with Crippen LogP contribution in [0.25, 0.3) is 0 Å². The van der Waals surface area contributed by atoms with E-state index in [1.54, 1.807) is 14.1 Å². The topological polar surface area (TPSA) is 82.2 Å². The van der Waals surface area contributed by atoms with Gasteiger partial charge in [-0.15, -0.1) is 0 Å². The van der Waals surface area contributed by atoms with E-state index in [1.165, 1.54) is 4.90 Å². The van der Waals surface area contributed by atoms with Gasteiger partial charge in [0.25, 0.3) is 0 Å². The van der Waals surface area contributed by atoms with Crippen molar-refractivity contribution in [3.8, 4) is 0 Å². The Kier molecular flexibility index (Phi) is 5.35. The summed E-state index contributed by atoms with van der Waals surface area (Å²) in [6.45, 7) is 4.94. The minimum Gasteiger partial charge on any atom is -0.373 e. The molecule has 0 aliphatic rings. The van der Waals surface area contributed by atoms with Crippen molar-refractivity contribution in [2.45, 2.75) is 13.8 Å². The van der Waals surface area contributed by atoms with Crippen molar-refractivity contribution in [2.24, 2.45) is 0 Å². The van der Waals surface area contributed by atoms with Gasteiger partial charge < -0.3 is 20.9 Å². The van der Waals surface area contributed by atoms with E-state index in [9.17, 15) is 4.79 Å². The summed E-state index contributed by atoms with van der Waals surface area (Å²) in [5.41, 5.74) is 0.965. The molecule has 1 heterocycles. The summed E-state index contributed by atoms with van der Waals surface area (Å²) >= 11 is 0. The van der Waals surface area contributed by atoms with Crippen LogP contribution in [0, 0.1) is 13.8 Å². The van der Waals surface area contributed by atoms with Crippen LogP contribution in [0.3, 0.4) is 0 Å². The second-order valence-corrected chi connectivity index (χ2v) is 4.40. The van der Waals surface area contributed by atoms with Crippen molar-refractivity contribution in [3.63, 3.8) is 0 Å². The first kappa shape index (κ1) is 15.0. The summed E-state index contributed by atoms with van der Waals surface area (Å²) in [6.07, 6.45) is 0. The Labute approximate surface area is 113 Å². The van der Waals surface area contributed by atoms with Crippen molar-refractivity contribution in [1.29, 1.82) is 0 Å². The van der Waals surface area contributed by atoms with E-state index in [-0.39, 0.29) is 6.03 Å². The normalized spacial score (nSPS) is 9.95. The number of rotatable bonds is 5. The quantitative estimate of drug-likeness (QED) is 0.687. The lowest BCUT2D eigenvalue weighted by Crippen LogP contribution is -2.37. The van der Waals surface area contributed by atoms with Crippen LogP contribution in [0.15, 0.2) is 0 Å². The fraction of sp³-hybridized carbons (Fsp3) is 0.583. The number of amides is 2. The third kappa shape index (κ3) is 4.27. The maximum atomic E-state index is 11.3. The molecule has 0 aliphatic carbocycles. The van der Waals surface area contributed by atoms with Gasteiger partial charge in [0, 0.05) is 39.8 Å². The summed E-state index contributed by atoms with van der Waals surface area (Å²) in [7, 11) is 5.25. The first-order valence-electron chi connectivity index (χ1n) is 6.17. The van der Waals surface area contributed by atoms with E-state index >= 15 is 0 Å². The molecule has 0 saturated heterocycles. The first-order valence-corrected chi connectivity index (χ1v) is 6.17. The Morgan fingerprint density at radius 1 is 1.16 bits per heavy atom. The highest BCUT2D eigenvalue weighted by atomic mass is 16.2. The van der Waals surface area contributed by atoms with Gasteiger partial charge in [-0.25, -0.2) is 14.8 Å². The van der Waals surface area contributed by atoms with Crippen molar-refractivity contribution >= 4 is 17.7 Å². The van der Waals surface area contributed by atoms with Gasteiger partial charge in [0.2, 0.25) is 0 Å². The van der Waals surface area contributed by atoms with Crippen molar-refractivity contribution < 1.29 is 4.79 Å². The standard InChI is InChI=1S/C12H22N6O/c1-8-10(13-3)16-9(2)17-11(8)14-6-7-15-12(19)18(4)5/h6-7H2,1-5H3,(H,15,19)(H2,13,14,16,17). The monoisotopic (exact) mass is 266 g/mol. The molecular formula is C12H22N6O. The SMILES string of the molecule is CNc1nc(C)nc(NCCNC(=O)N(C)C)c1C. The summed E-state index contributed by atoms with van der Waals surface area (Å²) < 4.78 is 0. The summed E-state index contributed by atoms with van der Waals surface area (Å²) in [5, 5.41) is 9.01. The molecule has 0 atom stereocenters. The Bertz CT molecular complexity index is 446. The fourth-order valence-corrected chi connectivity index (χ4v) is 1.55. The average molecular weight is 266 g/mol. The number of aryl methyl sites for hydroxylation is 1. The van der Waals surface area contributed by atoms with Gasteiger partial charge in [-0.2, -0.15) is 0 Å². The first-order chi connectivity index (χ1) is 8.95. The largest absolute Gasteiger partial charge is 0.373 e. The maximum Gasteiger partial charge on any atom is 0.316 e. The molecular weight excluding hydrogens is 244 g/mol. The van der Waals surface area contributed by atoms with E-state index in [0.29, 0.717) is 18.9 Å². The molecule has 2 amide bonds. The summed E-state index contributed by atoms with van der Waals surface area (Å²) in [5.74, 6) is 2.30. The minimum absolute atomic E-state index is 0.103. The highest BCUT2D eigenvalue weighted by molar-refractivity contribution is 5.73. The molecule has 0 aromatic carbocycles. The molecule has 0 aliphatic heterocycles. The Morgan fingerprint density at radius 2 is 1.79 bits per heavy atom. The van der Waals surface area contributed by atoms with Crippen LogP contribution in [0.5, 0.6) is 0 Å². The highest BCUT2D eigenvalue weighted by Gasteiger charge is 2.07. The Balaban J connectivity index is 2.54. The molecule has 0 radical (unpaired) electrons. The number of hydrogen-bond donors (Lipinski definition) is 3. The van der Waals surface area contributed by atoms with Crippen LogP contribution in [0.1, 0.15) is 11.4 Å². The molecule has 1 aromatic rings. The molecule has 3 N–H and O–H groups in total. The number of anilines is 2. The van der Waals surface area contributed by atoms with E-state index < -0.39 is 0 Å². The molecule has 19 heavy (non-hydrogen) atoms. The zero-order valence-electron chi connectivity index (χ0n) is 12.2. The van der Waals surface area contributed by atoms with Gasteiger partial charge in [0.05, 0.1) is 0 Å². The van der Waals surface area contributed by atoms with E-state index in [1.807, 2.05) is 20.9 Å². The lowest BCUT2D eigenvalue weighted by molar-refractivity contribution is 0.218. The van der Waals surface area contributed by atoms with Crippen LogP contribution in [-0.2, 0) is 0 Å². The number of urea groups is 1. The Hall–Kier alpha value is -2.05. The van der Waals surface area contributed by atoms with E-state index in [2.05, 4.69) is 25.9 Å². The molecule has 1 aromatic heterocycles. The van der Waals surface area contributed by atoms with Gasteiger partial charge >= 0.3 is 6.03 Å². The zero-order valence-corrected chi connectivity index (χ0v) is 12.2. The van der Waals surface area contributed by atoms with Crippen molar-refractivity contribution in [3.05, 3.63) is 11.4 Å². The second kappa shape index (κ2) is 6.77. The molecule has 0 fully saturated rings. The van der Waals surface area contributed by atoms with E-state index in [4.69, 9.17) is 0 Å². The van der Waals surface area contributed by atoms with E-state index in [0.717, 1.165) is 17.2 Å². The second-order valence-electron chi connectivity index (χ2n) is 4.40. The van der Waals surface area contributed by atoms with Crippen LogP contribution in [-0.4, -0.2) is 55.1 Å². The number of aromatic nitrogens is 2. The molecule has 0 bridgehead atoms. The van der Waals surface area contributed by atoms with Crippen molar-refractivity contribution in [2.75, 3.05) is 44.9 Å². The molecule has 7 heteroatoms. The van der Waals surface area contributed by atoms with Crippen molar-refractivity contribution in [1.82, 2.24) is 20.2 Å². The number of carbonyl (C=O) groups is 1. The van der Waals surface area contributed by atoms with Gasteiger partial charge in [-0.05, 0) is 13.8 Å². The highest BCUT2D eigenvalue weighted by Crippen LogP contribution is 2.18. The van der Waals surface area contributed by atoms with Crippen LogP contribution in [0.4, 0.5) is 16.4 Å². The average Bonchev–Trinajstić information content (AvgIpc) is 2.37. The molecule has 7 nitrogen and oxygen atoms in total. The van der Waals surface area contributed by atoms with Gasteiger partial charge in [-0.1, -0.05) is 0 Å². The van der Waals surface area contributed by atoms with Gasteiger partial charge in [-0.3, -0.25) is 0 Å². The third-order valence-electron chi connectivity index (χ3n) is 2.59.